The van der Waals surface area contributed by atoms with E-state index in [0.29, 0.717) is 18.5 Å². The van der Waals surface area contributed by atoms with Crippen molar-refractivity contribution in [1.29, 1.82) is 0 Å². The number of ether oxygens (including phenoxy) is 1. The monoisotopic (exact) mass is 430 g/mol. The van der Waals surface area contributed by atoms with Gasteiger partial charge in [-0.05, 0) is 62.6 Å². The van der Waals surface area contributed by atoms with Gasteiger partial charge in [0.25, 0.3) is 0 Å². The molecule has 2 aliphatic rings. The molecule has 0 radical (unpaired) electrons. The Kier molecular flexibility index (Phi) is 6.40. The van der Waals surface area contributed by atoms with Crippen molar-refractivity contribution in [2.45, 2.75) is 39.5 Å². The van der Waals surface area contributed by atoms with Gasteiger partial charge in [-0.25, -0.2) is 0 Å². The van der Waals surface area contributed by atoms with Gasteiger partial charge in [0.15, 0.2) is 5.78 Å². The third kappa shape index (κ3) is 4.59. The van der Waals surface area contributed by atoms with Crippen LogP contribution in [0.2, 0.25) is 0 Å². The molecule has 166 valence electrons. The highest BCUT2D eigenvalue weighted by Gasteiger charge is 2.20. The number of nitrogens with one attached hydrogen (secondary N) is 1. The van der Waals surface area contributed by atoms with Gasteiger partial charge in [0.1, 0.15) is 11.6 Å². The van der Waals surface area contributed by atoms with Crippen LogP contribution in [0.5, 0.6) is 0 Å². The maximum Gasteiger partial charge on any atom is 0.163 e. The summed E-state index contributed by atoms with van der Waals surface area (Å²) in [5, 5.41) is 3.46. The van der Waals surface area contributed by atoms with E-state index in [1.807, 2.05) is 19.1 Å². The standard InChI is InChI=1S/C26H30N4O2/c1-17-9-10-21-23(13-17)30(3)26(29-21)8-6-5-7-24(31)19-14-18(2)28-22(15-19)20-16-27-12-11-25(20)32-4/h8-10,13-16,29H,5-7,11-12H2,1-4H3/b26-8-. The molecular formula is C26H30N4O2. The number of hydrogen-bond donors (Lipinski definition) is 1. The third-order valence-electron chi connectivity index (χ3n) is 5.87. The third-order valence-corrected chi connectivity index (χ3v) is 5.87. The molecule has 2 aliphatic heterocycles. The highest BCUT2D eigenvalue weighted by atomic mass is 16.5. The maximum absolute atomic E-state index is 12.9. The van der Waals surface area contributed by atoms with E-state index in [4.69, 9.17) is 4.74 Å². The fourth-order valence-electron chi connectivity index (χ4n) is 4.13. The lowest BCUT2D eigenvalue weighted by molar-refractivity contribution is 0.0980. The quantitative estimate of drug-likeness (QED) is 0.478. The van der Waals surface area contributed by atoms with E-state index in [0.717, 1.165) is 53.5 Å². The number of hydrogen-bond acceptors (Lipinski definition) is 6. The maximum atomic E-state index is 12.9. The predicted molar refractivity (Wildman–Crippen MR) is 130 cm³/mol. The van der Waals surface area contributed by atoms with E-state index in [1.165, 1.54) is 11.3 Å². The molecule has 0 atom stereocenters. The zero-order valence-corrected chi connectivity index (χ0v) is 19.2. The lowest BCUT2D eigenvalue weighted by Crippen LogP contribution is -2.14. The first-order valence-electron chi connectivity index (χ1n) is 11.1. The molecule has 1 N–H and O–H groups in total. The minimum Gasteiger partial charge on any atom is -0.500 e. The number of aromatic nitrogens is 1. The van der Waals surface area contributed by atoms with Crippen LogP contribution in [0.15, 0.2) is 53.0 Å². The molecule has 3 heterocycles. The average Bonchev–Trinajstić information content (AvgIpc) is 3.11. The lowest BCUT2D eigenvalue weighted by atomic mass is 10.0. The first-order chi connectivity index (χ1) is 15.5. The number of anilines is 2. The van der Waals surface area contributed by atoms with E-state index in [-0.39, 0.29) is 5.78 Å². The van der Waals surface area contributed by atoms with Crippen LogP contribution in [-0.2, 0) is 4.74 Å². The summed E-state index contributed by atoms with van der Waals surface area (Å²) >= 11 is 0. The molecule has 6 nitrogen and oxygen atoms in total. The van der Waals surface area contributed by atoms with Crippen molar-refractivity contribution in [3.63, 3.8) is 0 Å². The summed E-state index contributed by atoms with van der Waals surface area (Å²) in [6.45, 7) is 4.73. The Hall–Kier alpha value is -3.41. The molecule has 4 rings (SSSR count). The molecule has 0 unspecified atom stereocenters. The smallest absolute Gasteiger partial charge is 0.163 e. The number of benzene rings is 1. The number of carbonyl (C=O) groups is 1. The fraction of sp³-hybridized carbons (Fsp3) is 0.346. The normalized spacial score (nSPS) is 16.4. The number of aliphatic imine (C=N–C) groups is 1. The molecule has 0 fully saturated rings. The topological polar surface area (TPSA) is 66.8 Å². The number of ketones is 1. The van der Waals surface area contributed by atoms with Gasteiger partial charge in [0.2, 0.25) is 0 Å². The summed E-state index contributed by atoms with van der Waals surface area (Å²) in [5.74, 6) is 2.07. The molecule has 0 bridgehead atoms. The van der Waals surface area contributed by atoms with Crippen LogP contribution < -0.4 is 10.2 Å². The second-order valence-electron chi connectivity index (χ2n) is 8.32. The molecule has 1 aromatic heterocycles. The zero-order chi connectivity index (χ0) is 22.7. The Morgan fingerprint density at radius 1 is 1.25 bits per heavy atom. The van der Waals surface area contributed by atoms with E-state index in [2.05, 4.69) is 58.4 Å². The van der Waals surface area contributed by atoms with E-state index >= 15 is 0 Å². The van der Waals surface area contributed by atoms with Crippen LogP contribution in [-0.4, -0.2) is 37.7 Å². The number of unbranched alkanes of at least 4 members (excludes halogenated alkanes) is 1. The van der Waals surface area contributed by atoms with Crippen molar-refractivity contribution in [2.24, 2.45) is 4.99 Å². The van der Waals surface area contributed by atoms with Gasteiger partial charge in [0, 0.05) is 43.9 Å². The van der Waals surface area contributed by atoms with Gasteiger partial charge in [-0.2, -0.15) is 0 Å². The Bertz CT molecular complexity index is 1130. The van der Waals surface area contributed by atoms with Crippen LogP contribution in [0.3, 0.4) is 0 Å². The first kappa shape index (κ1) is 21.8. The SMILES string of the molecule is COC1=C(c2cc(C(=O)CCC/C=C3/Nc4ccc(C)cc4N3C)cc(C)n2)C=NCC1. The summed E-state index contributed by atoms with van der Waals surface area (Å²) in [6, 6.07) is 10.1. The molecule has 0 saturated carbocycles. The zero-order valence-electron chi connectivity index (χ0n) is 19.2. The van der Waals surface area contributed by atoms with E-state index in [9.17, 15) is 4.79 Å². The number of allylic oxidation sites excluding steroid dienone is 2. The van der Waals surface area contributed by atoms with Crippen LogP contribution in [0.25, 0.3) is 5.57 Å². The van der Waals surface area contributed by atoms with Gasteiger partial charge >= 0.3 is 0 Å². The number of pyridine rings is 1. The van der Waals surface area contributed by atoms with Gasteiger partial charge < -0.3 is 15.0 Å². The Balaban J connectivity index is 1.40. The first-order valence-corrected chi connectivity index (χ1v) is 11.1. The molecule has 1 aromatic carbocycles. The molecule has 0 spiro atoms. The Labute approximate surface area is 189 Å². The number of Topliss-reactive ketones (excluding diaryl/α,β-unsaturated/α-hetero) is 1. The number of aryl methyl sites for hydroxylation is 2. The summed E-state index contributed by atoms with van der Waals surface area (Å²) < 4.78 is 5.51. The van der Waals surface area contributed by atoms with Gasteiger partial charge in [-0.15, -0.1) is 0 Å². The summed E-state index contributed by atoms with van der Waals surface area (Å²) in [5.41, 5.74) is 6.68. The number of methoxy groups -OCH3 is 1. The number of nitrogens with zero attached hydrogens (tertiary/aromatic N) is 3. The van der Waals surface area contributed by atoms with Crippen molar-refractivity contribution in [3.8, 4) is 0 Å². The van der Waals surface area contributed by atoms with Gasteiger partial charge in [-0.1, -0.05) is 6.07 Å². The highest BCUT2D eigenvalue weighted by Crippen LogP contribution is 2.36. The highest BCUT2D eigenvalue weighted by molar-refractivity contribution is 6.11. The fourth-order valence-corrected chi connectivity index (χ4v) is 4.13. The number of fused-ring (bicyclic) bond motifs is 1. The Morgan fingerprint density at radius 2 is 2.09 bits per heavy atom. The summed E-state index contributed by atoms with van der Waals surface area (Å²) in [4.78, 5) is 24.0. The van der Waals surface area contributed by atoms with Crippen LogP contribution >= 0.6 is 0 Å². The molecule has 0 aliphatic carbocycles. The Morgan fingerprint density at radius 3 is 2.91 bits per heavy atom. The molecular weight excluding hydrogens is 400 g/mol. The number of carbonyl (C=O) groups excluding carboxylic acids is 1. The second kappa shape index (κ2) is 9.39. The van der Waals surface area contributed by atoms with E-state index < -0.39 is 0 Å². The second-order valence-corrected chi connectivity index (χ2v) is 8.32. The number of dihydropyridines is 1. The minimum absolute atomic E-state index is 0.133. The van der Waals surface area contributed by atoms with Crippen LogP contribution in [0, 0.1) is 13.8 Å². The molecule has 0 amide bonds. The van der Waals surface area contributed by atoms with Gasteiger partial charge in [0.05, 0.1) is 29.8 Å². The summed E-state index contributed by atoms with van der Waals surface area (Å²) in [7, 11) is 3.73. The van der Waals surface area contributed by atoms with Crippen molar-refractivity contribution in [1.82, 2.24) is 4.98 Å². The van der Waals surface area contributed by atoms with Crippen LogP contribution in [0.4, 0.5) is 11.4 Å². The lowest BCUT2D eigenvalue weighted by Gasteiger charge is -2.15. The molecule has 0 saturated heterocycles. The summed E-state index contributed by atoms with van der Waals surface area (Å²) in [6.07, 6.45) is 6.83. The molecule has 6 heteroatoms. The predicted octanol–water partition coefficient (Wildman–Crippen LogP) is 5.29. The minimum atomic E-state index is 0.133. The van der Waals surface area contributed by atoms with Crippen LogP contribution in [0.1, 0.15) is 53.0 Å². The van der Waals surface area contributed by atoms with E-state index in [1.54, 1.807) is 13.3 Å². The van der Waals surface area contributed by atoms with Gasteiger partial charge in [-0.3, -0.25) is 14.8 Å². The molecule has 2 aromatic rings. The van der Waals surface area contributed by atoms with Crippen molar-refractivity contribution in [3.05, 3.63) is 70.5 Å². The number of rotatable bonds is 7. The largest absolute Gasteiger partial charge is 0.500 e. The van der Waals surface area contributed by atoms with Crippen molar-refractivity contribution >= 4 is 28.9 Å². The average molecular weight is 431 g/mol. The van der Waals surface area contributed by atoms with Crippen molar-refractivity contribution in [2.75, 3.05) is 30.9 Å². The molecule has 32 heavy (non-hydrogen) atoms. The van der Waals surface area contributed by atoms with Crippen molar-refractivity contribution < 1.29 is 9.53 Å².